The maximum absolute atomic E-state index is 11.6. The Morgan fingerprint density at radius 1 is 1.30 bits per heavy atom. The SMILES string of the molecule is CCOC(=O)N1CCC(Oc2cccc(CC)c2)CC1. The molecule has 1 fully saturated rings. The number of aryl methyl sites for hydroxylation is 1. The molecule has 1 amide bonds. The third-order valence-corrected chi connectivity index (χ3v) is 3.58. The zero-order chi connectivity index (χ0) is 14.4. The molecule has 110 valence electrons. The van der Waals surface area contributed by atoms with Crippen molar-refractivity contribution >= 4 is 6.09 Å². The Morgan fingerprint density at radius 3 is 2.70 bits per heavy atom. The van der Waals surface area contributed by atoms with E-state index in [1.165, 1.54) is 5.56 Å². The van der Waals surface area contributed by atoms with Crippen LogP contribution in [0.15, 0.2) is 24.3 Å². The summed E-state index contributed by atoms with van der Waals surface area (Å²) in [6.45, 7) is 5.80. The minimum absolute atomic E-state index is 0.188. The number of benzene rings is 1. The zero-order valence-corrected chi connectivity index (χ0v) is 12.3. The second-order valence-electron chi connectivity index (χ2n) is 5.00. The van der Waals surface area contributed by atoms with Gasteiger partial charge in [0, 0.05) is 25.9 Å². The molecule has 1 aliphatic rings. The van der Waals surface area contributed by atoms with Crippen molar-refractivity contribution in [3.63, 3.8) is 0 Å². The van der Waals surface area contributed by atoms with E-state index >= 15 is 0 Å². The van der Waals surface area contributed by atoms with Crippen LogP contribution in [0.5, 0.6) is 5.75 Å². The van der Waals surface area contributed by atoms with Crippen LogP contribution in [0.1, 0.15) is 32.3 Å². The zero-order valence-electron chi connectivity index (χ0n) is 12.3. The Morgan fingerprint density at radius 2 is 2.05 bits per heavy atom. The average molecular weight is 277 g/mol. The predicted molar refractivity (Wildman–Crippen MR) is 78.1 cm³/mol. The lowest BCUT2D eigenvalue weighted by Crippen LogP contribution is -2.42. The molecule has 1 aromatic carbocycles. The molecule has 4 nitrogen and oxygen atoms in total. The first-order valence-electron chi connectivity index (χ1n) is 7.40. The smallest absolute Gasteiger partial charge is 0.409 e. The number of likely N-dealkylation sites (tertiary alicyclic amines) is 1. The number of hydrogen-bond donors (Lipinski definition) is 0. The molecule has 0 aliphatic carbocycles. The number of amides is 1. The molecule has 0 bridgehead atoms. The summed E-state index contributed by atoms with van der Waals surface area (Å²) >= 11 is 0. The number of piperidine rings is 1. The summed E-state index contributed by atoms with van der Waals surface area (Å²) in [7, 11) is 0. The van der Waals surface area contributed by atoms with Crippen LogP contribution in [0.4, 0.5) is 4.79 Å². The van der Waals surface area contributed by atoms with Crippen molar-refractivity contribution in [1.82, 2.24) is 4.90 Å². The molecule has 20 heavy (non-hydrogen) atoms. The normalized spacial score (nSPS) is 16.0. The molecule has 0 atom stereocenters. The van der Waals surface area contributed by atoms with Gasteiger partial charge in [0.1, 0.15) is 11.9 Å². The van der Waals surface area contributed by atoms with Crippen LogP contribution in [0.25, 0.3) is 0 Å². The van der Waals surface area contributed by atoms with Gasteiger partial charge in [-0.2, -0.15) is 0 Å². The lowest BCUT2D eigenvalue weighted by atomic mass is 10.1. The first-order valence-corrected chi connectivity index (χ1v) is 7.40. The molecule has 4 heteroatoms. The van der Waals surface area contributed by atoms with Crippen LogP contribution < -0.4 is 4.74 Å². The fourth-order valence-electron chi connectivity index (χ4n) is 2.40. The van der Waals surface area contributed by atoms with Gasteiger partial charge >= 0.3 is 6.09 Å². The third kappa shape index (κ3) is 3.89. The largest absolute Gasteiger partial charge is 0.490 e. The quantitative estimate of drug-likeness (QED) is 0.848. The molecule has 2 rings (SSSR count). The first kappa shape index (κ1) is 14.7. The molecule has 0 radical (unpaired) electrons. The second-order valence-corrected chi connectivity index (χ2v) is 5.00. The van der Waals surface area contributed by atoms with Gasteiger partial charge in [-0.25, -0.2) is 4.79 Å². The van der Waals surface area contributed by atoms with E-state index in [1.54, 1.807) is 4.90 Å². The van der Waals surface area contributed by atoms with Crippen LogP contribution >= 0.6 is 0 Å². The van der Waals surface area contributed by atoms with Crippen molar-refractivity contribution in [2.75, 3.05) is 19.7 Å². The van der Waals surface area contributed by atoms with Crippen LogP contribution in [-0.4, -0.2) is 36.8 Å². The Bertz CT molecular complexity index is 439. The van der Waals surface area contributed by atoms with Gasteiger partial charge in [0.05, 0.1) is 6.61 Å². The van der Waals surface area contributed by atoms with E-state index in [1.807, 2.05) is 19.1 Å². The highest BCUT2D eigenvalue weighted by molar-refractivity contribution is 5.67. The fraction of sp³-hybridized carbons (Fsp3) is 0.562. The van der Waals surface area contributed by atoms with Crippen LogP contribution in [0, 0.1) is 0 Å². The van der Waals surface area contributed by atoms with Crippen molar-refractivity contribution in [3.05, 3.63) is 29.8 Å². The lowest BCUT2D eigenvalue weighted by Gasteiger charge is -2.31. The topological polar surface area (TPSA) is 38.8 Å². The minimum Gasteiger partial charge on any atom is -0.490 e. The highest BCUT2D eigenvalue weighted by Gasteiger charge is 2.24. The van der Waals surface area contributed by atoms with Crippen molar-refractivity contribution in [1.29, 1.82) is 0 Å². The van der Waals surface area contributed by atoms with Crippen LogP contribution in [0.3, 0.4) is 0 Å². The summed E-state index contributed by atoms with van der Waals surface area (Å²) in [6.07, 6.45) is 2.70. The molecule has 0 spiro atoms. The highest BCUT2D eigenvalue weighted by atomic mass is 16.6. The van der Waals surface area contributed by atoms with E-state index in [-0.39, 0.29) is 12.2 Å². The van der Waals surface area contributed by atoms with Crippen molar-refractivity contribution in [2.45, 2.75) is 39.2 Å². The van der Waals surface area contributed by atoms with E-state index in [9.17, 15) is 4.79 Å². The maximum Gasteiger partial charge on any atom is 0.409 e. The lowest BCUT2D eigenvalue weighted by molar-refractivity contribution is 0.0703. The van der Waals surface area contributed by atoms with E-state index in [2.05, 4.69) is 19.1 Å². The molecular formula is C16H23NO3. The van der Waals surface area contributed by atoms with Crippen molar-refractivity contribution < 1.29 is 14.3 Å². The fourth-order valence-corrected chi connectivity index (χ4v) is 2.40. The van der Waals surface area contributed by atoms with Gasteiger partial charge in [-0.15, -0.1) is 0 Å². The molecule has 0 saturated carbocycles. The Labute approximate surface area is 120 Å². The predicted octanol–water partition coefficient (Wildman–Crippen LogP) is 3.25. The van der Waals surface area contributed by atoms with E-state index in [0.29, 0.717) is 19.7 Å². The molecular weight excluding hydrogens is 254 g/mol. The number of hydrogen-bond acceptors (Lipinski definition) is 3. The molecule has 0 N–H and O–H groups in total. The summed E-state index contributed by atoms with van der Waals surface area (Å²) in [6, 6.07) is 8.23. The number of ether oxygens (including phenoxy) is 2. The average Bonchev–Trinajstić information content (AvgIpc) is 2.48. The third-order valence-electron chi connectivity index (χ3n) is 3.58. The Kier molecular flexibility index (Phi) is 5.27. The van der Waals surface area contributed by atoms with Crippen molar-refractivity contribution in [3.8, 4) is 5.75 Å². The summed E-state index contributed by atoms with van der Waals surface area (Å²) in [5.74, 6) is 0.930. The molecule has 1 saturated heterocycles. The maximum atomic E-state index is 11.6. The van der Waals surface area contributed by atoms with Gasteiger partial charge in [-0.3, -0.25) is 0 Å². The van der Waals surface area contributed by atoms with E-state index in [0.717, 1.165) is 25.0 Å². The van der Waals surface area contributed by atoms with Gasteiger partial charge in [-0.1, -0.05) is 19.1 Å². The second kappa shape index (κ2) is 7.17. The summed E-state index contributed by atoms with van der Waals surface area (Å²) < 4.78 is 11.0. The van der Waals surface area contributed by atoms with Gasteiger partial charge in [0.15, 0.2) is 0 Å². The standard InChI is InChI=1S/C16H23NO3/c1-3-13-6-5-7-15(12-13)20-14-8-10-17(11-9-14)16(18)19-4-2/h5-7,12,14H,3-4,8-11H2,1-2H3. The Balaban J connectivity index is 1.83. The van der Waals surface area contributed by atoms with Crippen LogP contribution in [0.2, 0.25) is 0 Å². The number of nitrogens with zero attached hydrogens (tertiary/aromatic N) is 1. The van der Waals surface area contributed by atoms with E-state index < -0.39 is 0 Å². The van der Waals surface area contributed by atoms with Gasteiger partial charge < -0.3 is 14.4 Å². The summed E-state index contributed by atoms with van der Waals surface area (Å²) in [5, 5.41) is 0. The summed E-state index contributed by atoms with van der Waals surface area (Å²) in [5.41, 5.74) is 1.28. The van der Waals surface area contributed by atoms with E-state index in [4.69, 9.17) is 9.47 Å². The Hall–Kier alpha value is -1.71. The number of carbonyl (C=O) groups excluding carboxylic acids is 1. The minimum atomic E-state index is -0.209. The molecule has 1 aromatic rings. The number of carbonyl (C=O) groups is 1. The van der Waals surface area contributed by atoms with Crippen LogP contribution in [-0.2, 0) is 11.2 Å². The first-order chi connectivity index (χ1) is 9.72. The molecule has 0 aromatic heterocycles. The summed E-state index contributed by atoms with van der Waals surface area (Å²) in [4.78, 5) is 13.4. The van der Waals surface area contributed by atoms with Crippen molar-refractivity contribution in [2.24, 2.45) is 0 Å². The monoisotopic (exact) mass is 277 g/mol. The van der Waals surface area contributed by atoms with Gasteiger partial charge in [0.25, 0.3) is 0 Å². The molecule has 1 heterocycles. The molecule has 0 unspecified atom stereocenters. The van der Waals surface area contributed by atoms with Gasteiger partial charge in [0.2, 0.25) is 0 Å². The molecule has 1 aliphatic heterocycles. The highest BCUT2D eigenvalue weighted by Crippen LogP contribution is 2.20. The van der Waals surface area contributed by atoms with Gasteiger partial charge in [-0.05, 0) is 31.0 Å². The number of rotatable bonds is 4.